The third-order valence-corrected chi connectivity index (χ3v) is 6.67. The van der Waals surface area contributed by atoms with Crippen molar-refractivity contribution in [2.75, 3.05) is 22.2 Å². The standard InChI is InChI=1S/C18H18FN3O2S/c1-21-18-9-13(14-3-2-4-16(19)15(14)10-20)7-8-17(18)22(25(21,23)24)11-12-5-6-12/h2-4,7-9,12,23-24H,5-6,11H2,1H3. The lowest BCUT2D eigenvalue weighted by Gasteiger charge is -2.42. The van der Waals surface area contributed by atoms with Gasteiger partial charge in [-0.05, 0) is 53.5 Å². The van der Waals surface area contributed by atoms with E-state index in [-0.39, 0.29) is 5.56 Å². The van der Waals surface area contributed by atoms with Crippen molar-refractivity contribution in [2.45, 2.75) is 12.8 Å². The summed E-state index contributed by atoms with van der Waals surface area (Å²) in [6.07, 6.45) is 2.22. The Morgan fingerprint density at radius 1 is 1.24 bits per heavy atom. The summed E-state index contributed by atoms with van der Waals surface area (Å²) in [6, 6.07) is 11.8. The summed E-state index contributed by atoms with van der Waals surface area (Å²) in [7, 11) is -1.43. The molecule has 0 aromatic heterocycles. The van der Waals surface area contributed by atoms with Gasteiger partial charge >= 0.3 is 0 Å². The molecule has 0 radical (unpaired) electrons. The Morgan fingerprint density at radius 2 is 2.00 bits per heavy atom. The molecule has 5 nitrogen and oxygen atoms in total. The molecule has 1 heterocycles. The van der Waals surface area contributed by atoms with E-state index in [1.807, 2.05) is 12.1 Å². The van der Waals surface area contributed by atoms with Crippen LogP contribution in [0.15, 0.2) is 36.4 Å². The van der Waals surface area contributed by atoms with Gasteiger partial charge in [0.2, 0.25) is 0 Å². The van der Waals surface area contributed by atoms with Crippen molar-refractivity contribution in [3.8, 4) is 17.2 Å². The van der Waals surface area contributed by atoms with Gasteiger partial charge in [-0.15, -0.1) is 0 Å². The van der Waals surface area contributed by atoms with Gasteiger partial charge in [0.05, 0.1) is 16.9 Å². The molecule has 0 spiro atoms. The van der Waals surface area contributed by atoms with Crippen LogP contribution >= 0.6 is 11.0 Å². The molecule has 0 bridgehead atoms. The largest absolute Gasteiger partial charge is 0.264 e. The Kier molecular flexibility index (Phi) is 3.65. The monoisotopic (exact) mass is 359 g/mol. The summed E-state index contributed by atoms with van der Waals surface area (Å²) in [5.74, 6) is -0.0629. The van der Waals surface area contributed by atoms with Gasteiger partial charge in [0.1, 0.15) is 11.9 Å². The zero-order valence-electron chi connectivity index (χ0n) is 13.7. The van der Waals surface area contributed by atoms with Crippen molar-refractivity contribution < 1.29 is 13.5 Å². The molecule has 25 heavy (non-hydrogen) atoms. The number of benzene rings is 2. The molecule has 4 rings (SSSR count). The van der Waals surface area contributed by atoms with Crippen LogP contribution in [0.2, 0.25) is 0 Å². The van der Waals surface area contributed by atoms with Crippen LogP contribution in [0, 0.1) is 23.1 Å². The van der Waals surface area contributed by atoms with E-state index in [9.17, 15) is 18.8 Å². The average molecular weight is 359 g/mol. The summed E-state index contributed by atoms with van der Waals surface area (Å²) in [5, 5.41) is 9.25. The molecule has 2 aliphatic rings. The Labute approximate surface area is 147 Å². The van der Waals surface area contributed by atoms with Crippen LogP contribution in [-0.4, -0.2) is 22.7 Å². The van der Waals surface area contributed by atoms with Gasteiger partial charge in [0.25, 0.3) is 0 Å². The number of halogens is 1. The van der Waals surface area contributed by atoms with E-state index in [4.69, 9.17) is 0 Å². The summed E-state index contributed by atoms with van der Waals surface area (Å²) < 4.78 is 38.3. The Morgan fingerprint density at radius 3 is 2.68 bits per heavy atom. The van der Waals surface area contributed by atoms with E-state index in [0.717, 1.165) is 18.5 Å². The van der Waals surface area contributed by atoms with E-state index in [0.29, 0.717) is 29.3 Å². The van der Waals surface area contributed by atoms with Crippen molar-refractivity contribution in [3.63, 3.8) is 0 Å². The van der Waals surface area contributed by atoms with E-state index in [1.165, 1.54) is 10.4 Å². The highest BCUT2D eigenvalue weighted by Crippen LogP contribution is 2.61. The smallest absolute Gasteiger partial charge is 0.141 e. The summed E-state index contributed by atoms with van der Waals surface area (Å²) >= 11 is 0. The third kappa shape index (κ3) is 2.54. The first kappa shape index (κ1) is 16.2. The predicted molar refractivity (Wildman–Crippen MR) is 97.9 cm³/mol. The van der Waals surface area contributed by atoms with E-state index >= 15 is 0 Å². The maximum absolute atomic E-state index is 13.9. The topological polar surface area (TPSA) is 70.7 Å². The number of hydrogen-bond acceptors (Lipinski definition) is 5. The normalized spacial score (nSPS) is 19.5. The van der Waals surface area contributed by atoms with Crippen molar-refractivity contribution in [1.82, 2.24) is 0 Å². The molecule has 1 aliphatic carbocycles. The minimum Gasteiger partial charge on any atom is -0.264 e. The van der Waals surface area contributed by atoms with E-state index in [1.54, 1.807) is 35.6 Å². The minimum absolute atomic E-state index is 0.00968. The van der Waals surface area contributed by atoms with Gasteiger partial charge in [0, 0.05) is 19.2 Å². The lowest BCUT2D eigenvalue weighted by Crippen LogP contribution is -2.32. The Balaban J connectivity index is 1.80. The number of anilines is 2. The van der Waals surface area contributed by atoms with Crippen molar-refractivity contribution in [3.05, 3.63) is 47.8 Å². The second-order valence-corrected chi connectivity index (χ2v) is 8.44. The molecule has 0 amide bonds. The maximum Gasteiger partial charge on any atom is 0.141 e. The highest BCUT2D eigenvalue weighted by Gasteiger charge is 2.41. The second-order valence-electron chi connectivity index (χ2n) is 6.47. The first-order chi connectivity index (χ1) is 11.9. The second kappa shape index (κ2) is 5.63. The first-order valence-corrected chi connectivity index (χ1v) is 9.52. The molecule has 2 N–H and O–H groups in total. The van der Waals surface area contributed by atoms with E-state index < -0.39 is 16.8 Å². The van der Waals surface area contributed by atoms with Crippen LogP contribution in [0.25, 0.3) is 11.1 Å². The number of hydrogen-bond donors (Lipinski definition) is 2. The zero-order chi connectivity index (χ0) is 17.8. The van der Waals surface area contributed by atoms with Gasteiger partial charge in [-0.3, -0.25) is 17.7 Å². The fourth-order valence-corrected chi connectivity index (χ4v) is 4.71. The van der Waals surface area contributed by atoms with Crippen molar-refractivity contribution >= 4 is 22.3 Å². The number of nitrogens with zero attached hydrogens (tertiary/aromatic N) is 3. The number of fused-ring (bicyclic) bond motifs is 1. The number of rotatable bonds is 3. The predicted octanol–water partition coefficient (Wildman–Crippen LogP) is 4.61. The molecule has 2 aromatic carbocycles. The first-order valence-electron chi connectivity index (χ1n) is 8.06. The summed E-state index contributed by atoms with van der Waals surface area (Å²) in [4.78, 5) is 0. The quantitative estimate of drug-likeness (QED) is 0.837. The third-order valence-electron chi connectivity index (χ3n) is 4.80. The molecule has 2 aromatic rings. The summed E-state index contributed by atoms with van der Waals surface area (Å²) in [5.41, 5.74) is 2.59. The zero-order valence-corrected chi connectivity index (χ0v) is 14.5. The highest BCUT2D eigenvalue weighted by atomic mass is 32.3. The van der Waals surface area contributed by atoms with Gasteiger partial charge in [-0.2, -0.15) is 5.26 Å². The van der Waals surface area contributed by atoms with Crippen LogP contribution in [0.3, 0.4) is 0 Å². The average Bonchev–Trinajstić information content (AvgIpc) is 3.39. The lowest BCUT2D eigenvalue weighted by atomic mass is 9.99. The fraction of sp³-hybridized carbons (Fsp3) is 0.278. The molecule has 0 unspecified atom stereocenters. The van der Waals surface area contributed by atoms with Crippen molar-refractivity contribution in [1.29, 1.82) is 5.26 Å². The lowest BCUT2D eigenvalue weighted by molar-refractivity contribution is 0.481. The SMILES string of the molecule is CN1c2cc(-c3cccc(F)c3C#N)ccc2N(CC2CC2)S1(O)O. The fourth-order valence-electron chi connectivity index (χ4n) is 3.18. The van der Waals surface area contributed by atoms with Crippen LogP contribution in [0.1, 0.15) is 18.4 Å². The molecule has 130 valence electrons. The highest BCUT2D eigenvalue weighted by molar-refractivity contribution is 8.26. The molecular formula is C18H18FN3O2S. The van der Waals surface area contributed by atoms with Crippen LogP contribution < -0.4 is 8.61 Å². The molecule has 0 saturated heterocycles. The Hall–Kier alpha value is -2.27. The molecule has 1 aliphatic heterocycles. The summed E-state index contributed by atoms with van der Waals surface area (Å²) in [6.45, 7) is 0.614. The van der Waals surface area contributed by atoms with Crippen LogP contribution in [-0.2, 0) is 0 Å². The maximum atomic E-state index is 13.9. The molecule has 1 fully saturated rings. The van der Waals surface area contributed by atoms with Crippen LogP contribution in [0.5, 0.6) is 0 Å². The van der Waals surface area contributed by atoms with E-state index in [2.05, 4.69) is 0 Å². The molecule has 1 saturated carbocycles. The molecule has 0 atom stereocenters. The van der Waals surface area contributed by atoms with Crippen molar-refractivity contribution in [2.24, 2.45) is 5.92 Å². The van der Waals surface area contributed by atoms with Gasteiger partial charge in [-0.25, -0.2) is 4.39 Å². The van der Waals surface area contributed by atoms with Gasteiger partial charge in [0.15, 0.2) is 0 Å². The van der Waals surface area contributed by atoms with Gasteiger partial charge in [-0.1, -0.05) is 18.2 Å². The van der Waals surface area contributed by atoms with Gasteiger partial charge < -0.3 is 0 Å². The Bertz CT molecular complexity index is 892. The van der Waals surface area contributed by atoms with Crippen LogP contribution in [0.4, 0.5) is 15.8 Å². The number of nitriles is 1. The molecule has 7 heteroatoms. The molecular weight excluding hydrogens is 341 g/mol. The minimum atomic E-state index is -3.08.